The Balaban J connectivity index is 2.10. The molecule has 1 aliphatic heterocycles. The van der Waals surface area contributed by atoms with Gasteiger partial charge in [-0.2, -0.15) is 8.42 Å². The lowest BCUT2D eigenvalue weighted by molar-refractivity contribution is -0.161. The van der Waals surface area contributed by atoms with Crippen molar-refractivity contribution in [2.45, 2.75) is 25.5 Å². The van der Waals surface area contributed by atoms with E-state index in [1.165, 1.54) is 28.7 Å². The monoisotopic (exact) mass is 506 g/mol. The number of carboxylic acid groups (broad SMARTS) is 1. The highest BCUT2D eigenvalue weighted by Crippen LogP contribution is 2.16. The van der Waals surface area contributed by atoms with Crippen molar-refractivity contribution in [2.75, 3.05) is 12.3 Å². The second kappa shape index (κ2) is 9.24. The molecule has 1 atom stereocenters. The summed E-state index contributed by atoms with van der Waals surface area (Å²) in [5, 5.41) is 16.3. The molecule has 1 saturated heterocycles. The Labute approximate surface area is 189 Å². The first-order chi connectivity index (χ1) is 15.1. The Kier molecular flexibility index (Phi) is 7.07. The van der Waals surface area contributed by atoms with Crippen LogP contribution in [0.2, 0.25) is 0 Å². The number of imide groups is 1. The summed E-state index contributed by atoms with van der Waals surface area (Å²) in [4.78, 5) is 67.7. The highest BCUT2D eigenvalue weighted by Gasteiger charge is 2.43. The SMILES string of the molecule is CC(C)(ON=C(C(=O)N[C@H]1CN(C(=O)NS(=O)(=O)NC(N)=O)C1=O)c1csc(N)n1)C(=O)O. The summed E-state index contributed by atoms with van der Waals surface area (Å²) in [6.07, 6.45) is 0. The number of primary amides is 1. The van der Waals surface area contributed by atoms with Gasteiger partial charge in [-0.3, -0.25) is 14.5 Å². The number of nitrogen functional groups attached to an aromatic ring is 1. The van der Waals surface area contributed by atoms with Crippen LogP contribution in [0.5, 0.6) is 0 Å². The van der Waals surface area contributed by atoms with Gasteiger partial charge in [-0.15, -0.1) is 11.3 Å². The number of nitrogens with zero attached hydrogens (tertiary/aromatic N) is 3. The zero-order valence-corrected chi connectivity index (χ0v) is 18.5. The van der Waals surface area contributed by atoms with Gasteiger partial charge in [0.25, 0.3) is 11.8 Å². The molecule has 19 heteroatoms. The zero-order chi connectivity index (χ0) is 25.1. The van der Waals surface area contributed by atoms with Crippen molar-refractivity contribution in [3.8, 4) is 0 Å². The Morgan fingerprint density at radius 3 is 2.45 bits per heavy atom. The van der Waals surface area contributed by atoms with Gasteiger partial charge >= 0.3 is 28.2 Å². The summed E-state index contributed by atoms with van der Waals surface area (Å²) in [6.45, 7) is 1.92. The van der Waals surface area contributed by atoms with Crippen molar-refractivity contribution in [2.24, 2.45) is 10.9 Å². The fraction of sp³-hybridized carbons (Fsp3) is 0.357. The maximum atomic E-state index is 12.6. The van der Waals surface area contributed by atoms with Gasteiger partial charge in [0.1, 0.15) is 11.7 Å². The number of β-lactam (4-membered cyclic amide) rings is 1. The molecule has 0 aliphatic carbocycles. The number of aliphatic carboxylic acids is 1. The predicted molar refractivity (Wildman–Crippen MR) is 110 cm³/mol. The number of carbonyl (C=O) groups is 5. The van der Waals surface area contributed by atoms with E-state index in [9.17, 15) is 32.4 Å². The van der Waals surface area contributed by atoms with Gasteiger partial charge in [0.15, 0.2) is 10.8 Å². The fourth-order valence-corrected chi connectivity index (χ4v) is 3.27. The third kappa shape index (κ3) is 6.26. The maximum Gasteiger partial charge on any atom is 0.350 e. The molecule has 0 spiro atoms. The smallest absolute Gasteiger partial charge is 0.350 e. The minimum atomic E-state index is -4.65. The van der Waals surface area contributed by atoms with Gasteiger partial charge in [0.2, 0.25) is 5.60 Å². The van der Waals surface area contributed by atoms with Gasteiger partial charge in [0, 0.05) is 5.38 Å². The van der Waals surface area contributed by atoms with E-state index in [-0.39, 0.29) is 10.8 Å². The molecule has 33 heavy (non-hydrogen) atoms. The number of hydrogen-bond acceptors (Lipinski definition) is 12. The molecular weight excluding hydrogens is 488 g/mol. The lowest BCUT2D eigenvalue weighted by Crippen LogP contribution is -2.68. The number of carboxylic acids is 1. The molecule has 8 N–H and O–H groups in total. The first kappa shape index (κ1) is 25.3. The molecule has 0 radical (unpaired) electrons. The Morgan fingerprint density at radius 2 is 1.97 bits per heavy atom. The number of carbonyl (C=O) groups excluding carboxylic acids is 4. The van der Waals surface area contributed by atoms with E-state index in [4.69, 9.17) is 15.7 Å². The van der Waals surface area contributed by atoms with Gasteiger partial charge in [-0.25, -0.2) is 28.8 Å². The maximum absolute atomic E-state index is 12.6. The third-order valence-corrected chi connectivity index (χ3v) is 5.38. The molecule has 1 aromatic rings. The van der Waals surface area contributed by atoms with Crippen LogP contribution >= 0.6 is 11.3 Å². The lowest BCUT2D eigenvalue weighted by Gasteiger charge is -2.36. The summed E-state index contributed by atoms with van der Waals surface area (Å²) in [5.74, 6) is -3.37. The van der Waals surface area contributed by atoms with Crippen molar-refractivity contribution in [1.82, 2.24) is 24.6 Å². The molecule has 1 fully saturated rings. The van der Waals surface area contributed by atoms with E-state index >= 15 is 0 Å². The molecule has 2 heterocycles. The topological polar surface area (TPSA) is 266 Å². The van der Waals surface area contributed by atoms with Crippen molar-refractivity contribution < 1.29 is 42.3 Å². The number of rotatable bonds is 8. The van der Waals surface area contributed by atoms with Crippen LogP contribution in [0.25, 0.3) is 0 Å². The highest BCUT2D eigenvalue weighted by atomic mass is 32.2. The number of aromatic nitrogens is 1. The number of nitrogens with one attached hydrogen (secondary N) is 3. The fourth-order valence-electron chi connectivity index (χ4n) is 2.07. The van der Waals surface area contributed by atoms with Crippen LogP contribution < -0.4 is 26.2 Å². The number of likely N-dealkylation sites (tertiary alicyclic amines) is 1. The Hall–Kier alpha value is -4.00. The van der Waals surface area contributed by atoms with E-state index < -0.39 is 64.0 Å². The van der Waals surface area contributed by atoms with Crippen molar-refractivity contribution >= 4 is 62.2 Å². The molecule has 0 saturated carbocycles. The summed E-state index contributed by atoms with van der Waals surface area (Å²) < 4.78 is 25.6. The van der Waals surface area contributed by atoms with Crippen LogP contribution in [0.3, 0.4) is 0 Å². The lowest BCUT2D eigenvalue weighted by atomic mass is 10.1. The molecule has 180 valence electrons. The molecule has 1 aromatic heterocycles. The minimum absolute atomic E-state index is 0.0661. The third-order valence-electron chi connectivity index (χ3n) is 3.80. The Bertz CT molecular complexity index is 1140. The second-order valence-corrected chi connectivity index (χ2v) is 9.07. The van der Waals surface area contributed by atoms with E-state index in [0.29, 0.717) is 4.90 Å². The summed E-state index contributed by atoms with van der Waals surface area (Å²) >= 11 is 0.953. The number of anilines is 1. The molecule has 0 bridgehead atoms. The van der Waals surface area contributed by atoms with Gasteiger partial charge in [-0.05, 0) is 13.8 Å². The zero-order valence-electron chi connectivity index (χ0n) is 16.9. The molecule has 0 unspecified atom stereocenters. The van der Waals surface area contributed by atoms with Crippen molar-refractivity contribution in [3.63, 3.8) is 0 Å². The largest absolute Gasteiger partial charge is 0.478 e. The van der Waals surface area contributed by atoms with Crippen LogP contribution in [0.15, 0.2) is 10.5 Å². The average Bonchev–Trinajstić information content (AvgIpc) is 3.08. The quantitative estimate of drug-likeness (QED) is 0.120. The first-order valence-electron chi connectivity index (χ1n) is 8.60. The molecule has 0 aromatic carbocycles. The molecule has 2 rings (SSSR count). The second-order valence-electron chi connectivity index (χ2n) is 6.77. The normalized spacial score (nSPS) is 16.4. The summed E-state index contributed by atoms with van der Waals surface area (Å²) in [7, 11) is -4.65. The van der Waals surface area contributed by atoms with Crippen molar-refractivity contribution in [3.05, 3.63) is 11.1 Å². The first-order valence-corrected chi connectivity index (χ1v) is 11.0. The van der Waals surface area contributed by atoms with Crippen LogP contribution in [-0.4, -0.2) is 77.2 Å². The van der Waals surface area contributed by atoms with Crippen molar-refractivity contribution in [1.29, 1.82) is 0 Å². The van der Waals surface area contributed by atoms with Crippen LogP contribution in [0.1, 0.15) is 19.5 Å². The number of thiazole rings is 1. The average molecular weight is 506 g/mol. The number of amides is 6. The number of urea groups is 2. The van der Waals surface area contributed by atoms with Crippen LogP contribution in [0.4, 0.5) is 14.7 Å². The predicted octanol–water partition coefficient (Wildman–Crippen LogP) is -2.74. The number of hydrogen-bond donors (Lipinski definition) is 6. The number of nitrogens with two attached hydrogens (primary N) is 2. The highest BCUT2D eigenvalue weighted by molar-refractivity contribution is 7.88. The summed E-state index contributed by atoms with van der Waals surface area (Å²) in [6, 6.07) is -4.12. The molecule has 6 amide bonds. The van der Waals surface area contributed by atoms with Gasteiger partial charge in [0.05, 0.1) is 6.54 Å². The van der Waals surface area contributed by atoms with Crippen LogP contribution in [-0.2, 0) is 29.4 Å². The van der Waals surface area contributed by atoms with E-state index in [1.54, 1.807) is 0 Å². The molecule has 1 aliphatic rings. The number of oxime groups is 1. The minimum Gasteiger partial charge on any atom is -0.478 e. The molecular formula is C14H18N8O9S2. The van der Waals surface area contributed by atoms with Crippen LogP contribution in [0, 0.1) is 0 Å². The van der Waals surface area contributed by atoms with E-state index in [0.717, 1.165) is 11.3 Å². The van der Waals surface area contributed by atoms with E-state index in [1.807, 2.05) is 0 Å². The van der Waals surface area contributed by atoms with Gasteiger partial charge < -0.3 is 26.7 Å². The molecule has 17 nitrogen and oxygen atoms in total. The standard InChI is InChI=1S/C14H18N8O9S2/c1-14(2,10(25)26)31-19-7(6-4-32-12(16)18-6)8(23)17-5-3-22(9(5)24)13(28)21-33(29,30)20-11(15)27/h4-5H,3H2,1-2H3,(H2,16,18)(H,17,23)(H,21,28)(H,25,26)(H3,15,20,27)/t5-/m0/s1. The van der Waals surface area contributed by atoms with E-state index in [2.05, 4.69) is 21.2 Å². The Morgan fingerprint density at radius 1 is 1.33 bits per heavy atom. The summed E-state index contributed by atoms with van der Waals surface area (Å²) in [5.41, 5.74) is 7.81. The van der Waals surface area contributed by atoms with Gasteiger partial charge in [-0.1, -0.05) is 5.16 Å².